The Bertz CT molecular complexity index is 448. The number of thioether (sulfide) groups is 2. The quantitative estimate of drug-likeness (QED) is 0.360. The zero-order valence-corrected chi connectivity index (χ0v) is 18.3. The standard InChI is InChI=1S/C21H36N2OS2/c1-3-5-17(15-20-22-11-13-25-20)7-9-19(24)10-8-18(6-4-2)16-21-23-12-14-26-21/h17-18H,3-16H2,1-2H3. The second-order valence-corrected chi connectivity index (χ2v) is 9.92. The number of rotatable bonds is 14. The maximum Gasteiger partial charge on any atom is 0.132 e. The van der Waals surface area contributed by atoms with Crippen LogP contribution in [0.2, 0.25) is 0 Å². The van der Waals surface area contributed by atoms with E-state index in [2.05, 4.69) is 23.8 Å². The van der Waals surface area contributed by atoms with Gasteiger partial charge in [-0.3, -0.25) is 14.8 Å². The molecule has 0 fully saturated rings. The third-order valence-corrected chi connectivity index (χ3v) is 7.31. The molecule has 0 bridgehead atoms. The summed E-state index contributed by atoms with van der Waals surface area (Å²) in [7, 11) is 0. The molecule has 0 N–H and O–H groups in total. The van der Waals surface area contributed by atoms with Crippen molar-refractivity contribution in [1.82, 2.24) is 0 Å². The van der Waals surface area contributed by atoms with E-state index in [1.165, 1.54) is 35.8 Å². The van der Waals surface area contributed by atoms with E-state index in [4.69, 9.17) is 0 Å². The van der Waals surface area contributed by atoms with Crippen molar-refractivity contribution in [3.8, 4) is 0 Å². The van der Waals surface area contributed by atoms with E-state index in [1.54, 1.807) is 0 Å². The van der Waals surface area contributed by atoms with Gasteiger partial charge in [-0.2, -0.15) is 0 Å². The zero-order chi connectivity index (χ0) is 18.6. The third kappa shape index (κ3) is 8.60. The molecular formula is C21H36N2OS2. The van der Waals surface area contributed by atoms with E-state index < -0.39 is 0 Å². The number of nitrogens with zero attached hydrogens (tertiary/aromatic N) is 2. The van der Waals surface area contributed by atoms with Gasteiger partial charge in [0.05, 0.1) is 10.1 Å². The first-order chi connectivity index (χ1) is 12.7. The summed E-state index contributed by atoms with van der Waals surface area (Å²) in [5.41, 5.74) is 0. The summed E-state index contributed by atoms with van der Waals surface area (Å²) in [6.45, 7) is 6.47. The first-order valence-electron chi connectivity index (χ1n) is 10.5. The number of ketones is 1. The van der Waals surface area contributed by atoms with Crippen LogP contribution < -0.4 is 0 Å². The summed E-state index contributed by atoms with van der Waals surface area (Å²) in [6, 6.07) is 0. The molecule has 2 rings (SSSR count). The lowest BCUT2D eigenvalue weighted by Gasteiger charge is -2.17. The molecule has 2 aliphatic heterocycles. The molecule has 26 heavy (non-hydrogen) atoms. The third-order valence-electron chi connectivity index (χ3n) is 5.28. The molecule has 0 aromatic carbocycles. The molecule has 2 unspecified atom stereocenters. The molecule has 0 radical (unpaired) electrons. The lowest BCUT2D eigenvalue weighted by Crippen LogP contribution is -2.11. The van der Waals surface area contributed by atoms with Crippen molar-refractivity contribution >= 4 is 39.4 Å². The number of aliphatic imine (C=N–C) groups is 2. The molecule has 0 aliphatic carbocycles. The minimum atomic E-state index is 0.467. The number of hydrogen-bond acceptors (Lipinski definition) is 5. The largest absolute Gasteiger partial charge is 0.300 e. The Labute approximate surface area is 168 Å². The molecular weight excluding hydrogens is 360 g/mol. The molecule has 0 aromatic rings. The maximum atomic E-state index is 12.5. The van der Waals surface area contributed by atoms with Gasteiger partial charge >= 0.3 is 0 Å². The van der Waals surface area contributed by atoms with Gasteiger partial charge in [-0.1, -0.05) is 39.5 Å². The Balaban J connectivity index is 1.69. The molecule has 148 valence electrons. The maximum absolute atomic E-state index is 12.5. The van der Waals surface area contributed by atoms with Gasteiger partial charge in [-0.15, -0.1) is 23.5 Å². The first kappa shape index (κ1) is 22.0. The first-order valence-corrected chi connectivity index (χ1v) is 12.5. The predicted octanol–water partition coefficient (Wildman–Crippen LogP) is 6.02. The molecule has 2 heterocycles. The van der Waals surface area contributed by atoms with E-state index in [-0.39, 0.29) is 0 Å². The van der Waals surface area contributed by atoms with E-state index in [0.717, 1.165) is 63.1 Å². The van der Waals surface area contributed by atoms with Crippen molar-refractivity contribution in [3.63, 3.8) is 0 Å². The Morgan fingerprint density at radius 3 is 1.65 bits per heavy atom. The molecule has 5 heteroatoms. The monoisotopic (exact) mass is 396 g/mol. The van der Waals surface area contributed by atoms with Crippen LogP contribution in [0.15, 0.2) is 9.98 Å². The average molecular weight is 397 g/mol. The Morgan fingerprint density at radius 1 is 0.846 bits per heavy atom. The van der Waals surface area contributed by atoms with Gasteiger partial charge in [-0.25, -0.2) is 0 Å². The van der Waals surface area contributed by atoms with Crippen molar-refractivity contribution < 1.29 is 4.79 Å². The van der Waals surface area contributed by atoms with Gasteiger partial charge in [0.25, 0.3) is 0 Å². The van der Waals surface area contributed by atoms with Crippen molar-refractivity contribution in [2.24, 2.45) is 21.8 Å². The summed E-state index contributed by atoms with van der Waals surface area (Å²) in [5, 5.41) is 2.66. The lowest BCUT2D eigenvalue weighted by atomic mass is 9.90. The number of hydrogen-bond donors (Lipinski definition) is 0. The van der Waals surface area contributed by atoms with Crippen LogP contribution in [-0.2, 0) is 4.79 Å². The normalized spacial score (nSPS) is 19.3. The van der Waals surface area contributed by atoms with Crippen LogP contribution in [0.5, 0.6) is 0 Å². The van der Waals surface area contributed by atoms with Crippen molar-refractivity contribution in [2.75, 3.05) is 24.6 Å². The fourth-order valence-electron chi connectivity index (χ4n) is 3.87. The van der Waals surface area contributed by atoms with Crippen molar-refractivity contribution in [3.05, 3.63) is 0 Å². The fraction of sp³-hybridized carbons (Fsp3) is 0.857. The molecule has 0 saturated carbocycles. The van der Waals surface area contributed by atoms with Crippen LogP contribution in [0.1, 0.15) is 78.1 Å². The topological polar surface area (TPSA) is 41.8 Å². The summed E-state index contributed by atoms with van der Waals surface area (Å²) >= 11 is 3.83. The molecule has 0 aromatic heterocycles. The highest BCUT2D eigenvalue weighted by Gasteiger charge is 2.18. The molecule has 2 aliphatic rings. The highest BCUT2D eigenvalue weighted by Crippen LogP contribution is 2.27. The summed E-state index contributed by atoms with van der Waals surface area (Å²) < 4.78 is 0. The van der Waals surface area contributed by atoms with Gasteiger partial charge in [0.1, 0.15) is 5.78 Å². The second kappa shape index (κ2) is 13.0. The molecule has 0 saturated heterocycles. The minimum absolute atomic E-state index is 0.467. The predicted molar refractivity (Wildman–Crippen MR) is 119 cm³/mol. The van der Waals surface area contributed by atoms with E-state index >= 15 is 0 Å². The number of carbonyl (C=O) groups is 1. The van der Waals surface area contributed by atoms with Crippen LogP contribution in [-0.4, -0.2) is 40.5 Å². The van der Waals surface area contributed by atoms with Crippen LogP contribution in [0, 0.1) is 11.8 Å². The van der Waals surface area contributed by atoms with Crippen LogP contribution >= 0.6 is 23.5 Å². The average Bonchev–Trinajstić information content (AvgIpc) is 3.32. The highest BCUT2D eigenvalue weighted by molar-refractivity contribution is 8.14. The van der Waals surface area contributed by atoms with E-state index in [0.29, 0.717) is 17.6 Å². The second-order valence-electron chi connectivity index (χ2n) is 7.58. The van der Waals surface area contributed by atoms with Crippen LogP contribution in [0.25, 0.3) is 0 Å². The zero-order valence-electron chi connectivity index (χ0n) is 16.7. The molecule has 2 atom stereocenters. The number of Topliss-reactive ketones (excluding diaryl/α,β-unsaturated/α-hetero) is 1. The van der Waals surface area contributed by atoms with Gasteiger partial charge < -0.3 is 0 Å². The molecule has 0 spiro atoms. The Morgan fingerprint density at radius 2 is 1.31 bits per heavy atom. The summed E-state index contributed by atoms with van der Waals surface area (Å²) in [6.07, 6.45) is 10.7. The van der Waals surface area contributed by atoms with Crippen LogP contribution in [0.3, 0.4) is 0 Å². The van der Waals surface area contributed by atoms with Gasteiger partial charge in [0.2, 0.25) is 0 Å². The number of carbonyl (C=O) groups excluding carboxylic acids is 1. The van der Waals surface area contributed by atoms with Gasteiger partial charge in [0.15, 0.2) is 0 Å². The van der Waals surface area contributed by atoms with E-state index in [9.17, 15) is 4.79 Å². The van der Waals surface area contributed by atoms with Crippen molar-refractivity contribution in [2.45, 2.75) is 78.1 Å². The fourth-order valence-corrected chi connectivity index (χ4v) is 5.78. The SMILES string of the molecule is CCCC(CCC(=O)CCC(CCC)CC1=NCCS1)CC1=NCCS1. The van der Waals surface area contributed by atoms with Crippen LogP contribution in [0.4, 0.5) is 0 Å². The summed E-state index contributed by atoms with van der Waals surface area (Å²) in [5.74, 6) is 4.05. The van der Waals surface area contributed by atoms with Gasteiger partial charge in [0, 0.05) is 37.4 Å². The molecule has 3 nitrogen and oxygen atoms in total. The van der Waals surface area contributed by atoms with E-state index in [1.807, 2.05) is 23.5 Å². The smallest absolute Gasteiger partial charge is 0.132 e. The Kier molecular flexibility index (Phi) is 11.0. The Hall–Kier alpha value is -0.290. The van der Waals surface area contributed by atoms with Crippen molar-refractivity contribution in [1.29, 1.82) is 0 Å². The molecule has 0 amide bonds. The summed E-state index contributed by atoms with van der Waals surface area (Å²) in [4.78, 5) is 21.7. The lowest BCUT2D eigenvalue weighted by molar-refractivity contribution is -0.119. The van der Waals surface area contributed by atoms with Gasteiger partial charge in [-0.05, 0) is 37.5 Å². The minimum Gasteiger partial charge on any atom is -0.300 e. The highest BCUT2D eigenvalue weighted by atomic mass is 32.2.